The zero-order valence-corrected chi connectivity index (χ0v) is 11.7. The van der Waals surface area contributed by atoms with Gasteiger partial charge in [0, 0.05) is 30.1 Å². The summed E-state index contributed by atoms with van der Waals surface area (Å²) in [4.78, 5) is 13.1. The topological polar surface area (TPSA) is 32.3 Å². The highest BCUT2D eigenvalue weighted by molar-refractivity contribution is 14.1. The number of nitrogens with zero attached hydrogens (tertiary/aromatic N) is 4. The maximum Gasteiger partial charge on any atom is 0.159 e. The first-order valence-corrected chi connectivity index (χ1v) is 6.35. The second kappa shape index (κ2) is 3.83. The molecule has 1 aliphatic heterocycles. The summed E-state index contributed by atoms with van der Waals surface area (Å²) in [7, 11) is 4.05. The largest absolute Gasteiger partial charge is 0.338 e. The number of hydrogen-bond donors (Lipinski definition) is 0. The Bertz CT molecular complexity index is 584. The van der Waals surface area contributed by atoms with Gasteiger partial charge in [-0.3, -0.25) is 0 Å². The van der Waals surface area contributed by atoms with E-state index in [1.54, 1.807) is 0 Å². The van der Waals surface area contributed by atoms with Crippen molar-refractivity contribution in [2.24, 2.45) is 0 Å². The predicted molar refractivity (Wildman–Crippen MR) is 77.3 cm³/mol. The highest BCUT2D eigenvalue weighted by Crippen LogP contribution is 2.45. The first-order chi connectivity index (χ1) is 8.20. The van der Waals surface area contributed by atoms with Crippen molar-refractivity contribution >= 4 is 45.6 Å². The molecular formula is C12H11IN4. The first kappa shape index (κ1) is 10.8. The third kappa shape index (κ3) is 1.49. The summed E-state index contributed by atoms with van der Waals surface area (Å²) in [5.41, 5.74) is 2.24. The van der Waals surface area contributed by atoms with Crippen LogP contribution in [0.3, 0.4) is 0 Å². The van der Waals surface area contributed by atoms with Gasteiger partial charge in [-0.25, -0.2) is 9.97 Å². The standard InChI is InChI=1S/C12H11IN4/c1-16-9-4-3-6-14-11(9)17(2)12-10(16)8(13)5-7-15-12/h3-7H,1-2H3. The minimum Gasteiger partial charge on any atom is -0.338 e. The lowest BCUT2D eigenvalue weighted by Crippen LogP contribution is -2.26. The third-order valence-corrected chi connectivity index (χ3v) is 3.82. The minimum atomic E-state index is 0.942. The van der Waals surface area contributed by atoms with Crippen molar-refractivity contribution < 1.29 is 0 Å². The second-order valence-corrected chi connectivity index (χ2v) is 5.09. The van der Waals surface area contributed by atoms with Gasteiger partial charge in [-0.2, -0.15) is 0 Å². The van der Waals surface area contributed by atoms with Crippen LogP contribution in [-0.4, -0.2) is 24.1 Å². The fourth-order valence-electron chi connectivity index (χ4n) is 2.11. The van der Waals surface area contributed by atoms with Crippen molar-refractivity contribution in [1.82, 2.24) is 9.97 Å². The molecule has 0 spiro atoms. The molecule has 0 fully saturated rings. The molecule has 3 rings (SSSR count). The van der Waals surface area contributed by atoms with Crippen LogP contribution >= 0.6 is 22.6 Å². The lowest BCUT2D eigenvalue weighted by atomic mass is 10.2. The highest BCUT2D eigenvalue weighted by atomic mass is 127. The molecule has 0 saturated carbocycles. The summed E-state index contributed by atoms with van der Waals surface area (Å²) in [6.45, 7) is 0. The summed E-state index contributed by atoms with van der Waals surface area (Å²) < 4.78 is 1.19. The Morgan fingerprint density at radius 2 is 1.76 bits per heavy atom. The predicted octanol–water partition coefficient (Wildman–Crippen LogP) is 2.93. The van der Waals surface area contributed by atoms with Gasteiger partial charge in [0.05, 0.1) is 11.4 Å². The van der Waals surface area contributed by atoms with Gasteiger partial charge in [0.25, 0.3) is 0 Å². The number of pyridine rings is 2. The van der Waals surface area contributed by atoms with Gasteiger partial charge in [0.15, 0.2) is 11.6 Å². The molecule has 0 atom stereocenters. The molecule has 0 amide bonds. The van der Waals surface area contributed by atoms with E-state index in [4.69, 9.17) is 0 Å². The Morgan fingerprint density at radius 3 is 2.59 bits per heavy atom. The van der Waals surface area contributed by atoms with Crippen LogP contribution in [0.15, 0.2) is 30.6 Å². The smallest absolute Gasteiger partial charge is 0.159 e. The lowest BCUT2D eigenvalue weighted by Gasteiger charge is -2.34. The van der Waals surface area contributed by atoms with E-state index in [0.29, 0.717) is 0 Å². The number of halogens is 1. The molecule has 5 heteroatoms. The van der Waals surface area contributed by atoms with E-state index < -0.39 is 0 Å². The van der Waals surface area contributed by atoms with Crippen LogP contribution in [0.4, 0.5) is 23.0 Å². The van der Waals surface area contributed by atoms with Gasteiger partial charge >= 0.3 is 0 Å². The monoisotopic (exact) mass is 338 g/mol. The molecule has 0 unspecified atom stereocenters. The quantitative estimate of drug-likeness (QED) is 0.692. The molecule has 3 heterocycles. The van der Waals surface area contributed by atoms with Crippen LogP contribution in [0.25, 0.3) is 0 Å². The van der Waals surface area contributed by atoms with Gasteiger partial charge in [0.2, 0.25) is 0 Å². The molecule has 2 aromatic heterocycles. The molecule has 0 radical (unpaired) electrons. The van der Waals surface area contributed by atoms with Crippen molar-refractivity contribution in [3.05, 3.63) is 34.2 Å². The van der Waals surface area contributed by atoms with E-state index in [1.165, 1.54) is 3.57 Å². The molecular weight excluding hydrogens is 327 g/mol. The maximum atomic E-state index is 4.45. The highest BCUT2D eigenvalue weighted by Gasteiger charge is 2.27. The molecule has 17 heavy (non-hydrogen) atoms. The van der Waals surface area contributed by atoms with Crippen molar-refractivity contribution in [1.29, 1.82) is 0 Å². The normalized spacial score (nSPS) is 13.4. The summed E-state index contributed by atoms with van der Waals surface area (Å²) >= 11 is 2.34. The minimum absolute atomic E-state index is 0.942. The SMILES string of the molecule is CN1c2ncccc2N(C)c2c(I)ccnc21. The average molecular weight is 338 g/mol. The number of fused-ring (bicyclic) bond motifs is 2. The third-order valence-electron chi connectivity index (χ3n) is 2.95. The molecule has 0 aromatic carbocycles. The molecule has 4 nitrogen and oxygen atoms in total. The fourth-order valence-corrected chi connectivity index (χ4v) is 2.87. The maximum absolute atomic E-state index is 4.45. The van der Waals surface area contributed by atoms with Crippen molar-refractivity contribution in [3.8, 4) is 0 Å². The van der Waals surface area contributed by atoms with Crippen molar-refractivity contribution in [3.63, 3.8) is 0 Å². The van der Waals surface area contributed by atoms with E-state index >= 15 is 0 Å². The average Bonchev–Trinajstić information content (AvgIpc) is 2.36. The molecule has 0 saturated heterocycles. The Kier molecular flexibility index (Phi) is 2.43. The van der Waals surface area contributed by atoms with E-state index in [1.807, 2.05) is 36.5 Å². The van der Waals surface area contributed by atoms with Crippen LogP contribution in [0.2, 0.25) is 0 Å². The number of rotatable bonds is 0. The Morgan fingerprint density at radius 1 is 1.00 bits per heavy atom. The Hall–Kier alpha value is -1.37. The first-order valence-electron chi connectivity index (χ1n) is 5.27. The van der Waals surface area contributed by atoms with Crippen LogP contribution < -0.4 is 9.80 Å². The van der Waals surface area contributed by atoms with Gasteiger partial charge in [-0.15, -0.1) is 0 Å². The second-order valence-electron chi connectivity index (χ2n) is 3.93. The lowest BCUT2D eigenvalue weighted by molar-refractivity contribution is 1.01. The van der Waals surface area contributed by atoms with Crippen molar-refractivity contribution in [2.45, 2.75) is 0 Å². The molecule has 0 N–H and O–H groups in total. The summed E-state index contributed by atoms with van der Waals surface area (Å²) in [5, 5.41) is 0. The number of hydrogen-bond acceptors (Lipinski definition) is 4. The Balaban J connectivity index is 2.29. The van der Waals surface area contributed by atoms with Gasteiger partial charge in [0.1, 0.15) is 0 Å². The molecule has 0 bridgehead atoms. The summed E-state index contributed by atoms with van der Waals surface area (Å²) in [6.07, 6.45) is 3.64. The van der Waals surface area contributed by atoms with E-state index in [0.717, 1.165) is 23.0 Å². The van der Waals surface area contributed by atoms with E-state index in [9.17, 15) is 0 Å². The van der Waals surface area contributed by atoms with E-state index in [-0.39, 0.29) is 0 Å². The summed E-state index contributed by atoms with van der Waals surface area (Å²) in [6, 6.07) is 6.05. The van der Waals surface area contributed by atoms with Gasteiger partial charge in [-0.1, -0.05) is 0 Å². The zero-order chi connectivity index (χ0) is 12.0. The number of aromatic nitrogens is 2. The molecule has 86 valence electrons. The van der Waals surface area contributed by atoms with Crippen LogP contribution in [-0.2, 0) is 0 Å². The summed E-state index contributed by atoms with van der Waals surface area (Å²) in [5.74, 6) is 1.89. The van der Waals surface area contributed by atoms with Crippen LogP contribution in [0.1, 0.15) is 0 Å². The molecule has 2 aromatic rings. The van der Waals surface area contributed by atoms with Crippen LogP contribution in [0, 0.1) is 3.57 Å². The molecule has 0 aliphatic carbocycles. The van der Waals surface area contributed by atoms with Crippen LogP contribution in [0.5, 0.6) is 0 Å². The van der Waals surface area contributed by atoms with Gasteiger partial charge in [-0.05, 0) is 40.8 Å². The Labute approximate surface area is 113 Å². The van der Waals surface area contributed by atoms with Gasteiger partial charge < -0.3 is 9.80 Å². The fraction of sp³-hybridized carbons (Fsp3) is 0.167. The zero-order valence-electron chi connectivity index (χ0n) is 9.55. The molecule has 1 aliphatic rings. The number of anilines is 4. The van der Waals surface area contributed by atoms with Crippen molar-refractivity contribution in [2.75, 3.05) is 23.9 Å². The van der Waals surface area contributed by atoms with E-state index in [2.05, 4.69) is 50.6 Å².